The quantitative estimate of drug-likeness (QED) is 0.354. The number of hydrogen-bond acceptors (Lipinski definition) is 9. The second-order valence-corrected chi connectivity index (χ2v) is 9.72. The summed E-state index contributed by atoms with van der Waals surface area (Å²) >= 11 is 0. The molecule has 0 saturated carbocycles. The Labute approximate surface area is 211 Å². The number of pyridine rings is 1. The van der Waals surface area contributed by atoms with Gasteiger partial charge in [0.2, 0.25) is 21.9 Å². The van der Waals surface area contributed by atoms with Crippen LogP contribution in [0.15, 0.2) is 48.8 Å². The number of carbonyl (C=O) groups excluding carboxylic acids is 1. The SMILES string of the molecule is COCC(=O)Nc1ccc(Nc2ncc(C(F)(F)F)c(NCc3cccnc3N(C)S(C)(=O)=O)n2)cc1. The number of nitrogens with one attached hydrogen (secondary N) is 3. The Morgan fingerprint density at radius 1 is 1.11 bits per heavy atom. The average molecular weight is 540 g/mol. The minimum Gasteiger partial charge on any atom is -0.375 e. The molecule has 0 radical (unpaired) electrons. The molecule has 0 aliphatic heterocycles. The second-order valence-electron chi connectivity index (χ2n) is 7.71. The number of ether oxygens (including phenoxy) is 1. The van der Waals surface area contributed by atoms with Crippen molar-refractivity contribution in [3.05, 3.63) is 59.9 Å². The maximum Gasteiger partial charge on any atom is 0.421 e. The molecule has 3 aromatic rings. The van der Waals surface area contributed by atoms with Crippen LogP contribution in [-0.2, 0) is 32.3 Å². The Balaban J connectivity index is 1.82. The van der Waals surface area contributed by atoms with Crippen LogP contribution < -0.4 is 20.3 Å². The molecule has 1 aromatic carbocycles. The molecule has 0 bridgehead atoms. The predicted molar refractivity (Wildman–Crippen MR) is 132 cm³/mol. The van der Waals surface area contributed by atoms with Gasteiger partial charge in [-0.05, 0) is 30.3 Å². The molecule has 0 aliphatic carbocycles. The lowest BCUT2D eigenvalue weighted by Crippen LogP contribution is -2.27. The fraction of sp³-hybridized carbons (Fsp3) is 0.273. The van der Waals surface area contributed by atoms with Gasteiger partial charge in [-0.2, -0.15) is 18.2 Å². The van der Waals surface area contributed by atoms with E-state index in [1.807, 2.05) is 0 Å². The van der Waals surface area contributed by atoms with E-state index in [1.165, 1.54) is 32.5 Å². The van der Waals surface area contributed by atoms with Crippen LogP contribution in [0.25, 0.3) is 0 Å². The molecule has 0 atom stereocenters. The summed E-state index contributed by atoms with van der Waals surface area (Å²) in [6.07, 6.45) is -1.74. The average Bonchev–Trinajstić information content (AvgIpc) is 2.82. The van der Waals surface area contributed by atoms with E-state index in [0.29, 0.717) is 23.1 Å². The topological polar surface area (TPSA) is 138 Å². The van der Waals surface area contributed by atoms with Crippen LogP contribution in [0.5, 0.6) is 0 Å². The Kier molecular flexibility index (Phi) is 8.49. The highest BCUT2D eigenvalue weighted by molar-refractivity contribution is 7.92. The predicted octanol–water partition coefficient (Wildman–Crippen LogP) is 3.23. The zero-order chi connectivity index (χ0) is 27.2. The van der Waals surface area contributed by atoms with E-state index in [2.05, 4.69) is 30.9 Å². The molecule has 37 heavy (non-hydrogen) atoms. The van der Waals surface area contributed by atoms with Crippen LogP contribution in [0.2, 0.25) is 0 Å². The first-order chi connectivity index (χ1) is 17.4. The smallest absolute Gasteiger partial charge is 0.375 e. The van der Waals surface area contributed by atoms with Crippen LogP contribution in [0, 0.1) is 0 Å². The van der Waals surface area contributed by atoms with Gasteiger partial charge >= 0.3 is 6.18 Å². The fourth-order valence-electron chi connectivity index (χ4n) is 3.07. The van der Waals surface area contributed by atoms with Gasteiger partial charge in [-0.15, -0.1) is 0 Å². The molecule has 2 aromatic heterocycles. The number of carbonyl (C=O) groups is 1. The van der Waals surface area contributed by atoms with E-state index in [9.17, 15) is 26.4 Å². The van der Waals surface area contributed by atoms with E-state index in [4.69, 9.17) is 4.74 Å². The number of amides is 1. The normalized spacial score (nSPS) is 11.6. The van der Waals surface area contributed by atoms with Crippen molar-refractivity contribution in [1.82, 2.24) is 15.0 Å². The van der Waals surface area contributed by atoms with Gasteiger partial charge in [-0.25, -0.2) is 18.4 Å². The molecule has 2 heterocycles. The number of rotatable bonds is 10. The summed E-state index contributed by atoms with van der Waals surface area (Å²) < 4.78 is 70.4. The minimum absolute atomic E-state index is 0.0659. The minimum atomic E-state index is -4.75. The molecule has 0 unspecified atom stereocenters. The molecule has 3 N–H and O–H groups in total. The van der Waals surface area contributed by atoms with Gasteiger partial charge in [-0.1, -0.05) is 6.07 Å². The lowest BCUT2D eigenvalue weighted by atomic mass is 10.2. The summed E-state index contributed by atoms with van der Waals surface area (Å²) in [7, 11) is -0.962. The molecule has 0 fully saturated rings. The van der Waals surface area contributed by atoms with Crippen molar-refractivity contribution in [2.75, 3.05) is 47.3 Å². The third-order valence-electron chi connectivity index (χ3n) is 4.90. The first-order valence-corrected chi connectivity index (χ1v) is 12.4. The zero-order valence-electron chi connectivity index (χ0n) is 20.0. The molecule has 0 spiro atoms. The van der Waals surface area contributed by atoms with Crippen molar-refractivity contribution in [3.63, 3.8) is 0 Å². The third kappa shape index (κ3) is 7.50. The first-order valence-electron chi connectivity index (χ1n) is 10.6. The molecule has 11 nitrogen and oxygen atoms in total. The van der Waals surface area contributed by atoms with Gasteiger partial charge in [0.15, 0.2) is 0 Å². The van der Waals surface area contributed by atoms with Gasteiger partial charge in [-0.3, -0.25) is 9.10 Å². The number of halogens is 3. The lowest BCUT2D eigenvalue weighted by molar-refractivity contribution is -0.137. The van der Waals surface area contributed by atoms with Crippen molar-refractivity contribution < 1.29 is 31.1 Å². The maximum absolute atomic E-state index is 13.6. The highest BCUT2D eigenvalue weighted by Gasteiger charge is 2.35. The van der Waals surface area contributed by atoms with E-state index in [-0.39, 0.29) is 30.8 Å². The second kappa shape index (κ2) is 11.4. The molecule has 0 saturated heterocycles. The molecule has 198 valence electrons. The summed E-state index contributed by atoms with van der Waals surface area (Å²) in [5, 5.41) is 8.05. The monoisotopic (exact) mass is 539 g/mol. The van der Waals surface area contributed by atoms with E-state index >= 15 is 0 Å². The van der Waals surface area contributed by atoms with Gasteiger partial charge in [0.25, 0.3) is 0 Å². The standard InChI is InChI=1S/C22H24F3N7O4S/c1-32(37(3,34)35)20-14(5-4-10-26-20)11-27-19-17(22(23,24)25)12-28-21(31-19)30-16-8-6-15(7-9-16)29-18(33)13-36-2/h4-10,12H,11,13H2,1-3H3,(H,29,33)(H2,27,28,30,31). The first kappa shape index (κ1) is 27.6. The number of benzene rings is 1. The van der Waals surface area contributed by atoms with Crippen LogP contribution in [0.1, 0.15) is 11.1 Å². The van der Waals surface area contributed by atoms with E-state index in [0.717, 1.165) is 10.6 Å². The van der Waals surface area contributed by atoms with Crippen LogP contribution in [0.4, 0.5) is 42.1 Å². The van der Waals surface area contributed by atoms with E-state index in [1.54, 1.807) is 24.3 Å². The summed E-state index contributed by atoms with van der Waals surface area (Å²) in [6, 6.07) is 9.41. The highest BCUT2D eigenvalue weighted by Crippen LogP contribution is 2.34. The zero-order valence-corrected chi connectivity index (χ0v) is 20.8. The fourth-order valence-corrected chi connectivity index (χ4v) is 3.54. The number of methoxy groups -OCH3 is 1. The van der Waals surface area contributed by atoms with Crippen molar-refractivity contribution in [3.8, 4) is 0 Å². The number of hydrogen-bond donors (Lipinski definition) is 3. The van der Waals surface area contributed by atoms with Gasteiger partial charge in [0.1, 0.15) is 23.8 Å². The number of alkyl halides is 3. The molecular formula is C22H24F3N7O4S. The summed E-state index contributed by atoms with van der Waals surface area (Å²) in [6.45, 7) is -0.307. The summed E-state index contributed by atoms with van der Waals surface area (Å²) in [5.74, 6) is -0.905. The largest absolute Gasteiger partial charge is 0.421 e. The molecule has 15 heteroatoms. The van der Waals surface area contributed by atoms with Crippen LogP contribution in [-0.4, -0.2) is 56.3 Å². The van der Waals surface area contributed by atoms with Gasteiger partial charge < -0.3 is 20.7 Å². The number of sulfonamides is 1. The van der Waals surface area contributed by atoms with Gasteiger partial charge in [0.05, 0.1) is 6.26 Å². The van der Waals surface area contributed by atoms with E-state index < -0.39 is 27.6 Å². The Bertz CT molecular complexity index is 1350. The van der Waals surface area contributed by atoms with Crippen molar-refractivity contribution in [2.24, 2.45) is 0 Å². The molecule has 0 aliphatic rings. The number of anilines is 5. The van der Waals surface area contributed by atoms with Crippen molar-refractivity contribution >= 4 is 44.9 Å². The van der Waals surface area contributed by atoms with Crippen molar-refractivity contribution in [2.45, 2.75) is 12.7 Å². The highest BCUT2D eigenvalue weighted by atomic mass is 32.2. The van der Waals surface area contributed by atoms with Crippen LogP contribution >= 0.6 is 0 Å². The number of aromatic nitrogens is 3. The lowest BCUT2D eigenvalue weighted by Gasteiger charge is -2.20. The Morgan fingerprint density at radius 3 is 2.41 bits per heavy atom. The molecular weight excluding hydrogens is 515 g/mol. The number of nitrogens with zero attached hydrogens (tertiary/aromatic N) is 4. The van der Waals surface area contributed by atoms with Crippen molar-refractivity contribution in [1.29, 1.82) is 0 Å². The third-order valence-corrected chi connectivity index (χ3v) is 6.07. The Morgan fingerprint density at radius 2 is 1.78 bits per heavy atom. The molecule has 3 rings (SSSR count). The maximum atomic E-state index is 13.6. The Hall–Kier alpha value is -3.98. The molecule has 1 amide bonds. The summed E-state index contributed by atoms with van der Waals surface area (Å²) in [4.78, 5) is 23.4. The van der Waals surface area contributed by atoms with Crippen LogP contribution in [0.3, 0.4) is 0 Å². The van der Waals surface area contributed by atoms with Gasteiger partial charge in [0, 0.05) is 50.0 Å². The summed E-state index contributed by atoms with van der Waals surface area (Å²) in [5.41, 5.74) is 0.188.